The van der Waals surface area contributed by atoms with Gasteiger partial charge in [-0.3, -0.25) is 4.79 Å². The molecule has 0 aliphatic carbocycles. The van der Waals surface area contributed by atoms with E-state index in [0.717, 1.165) is 11.8 Å². The topological polar surface area (TPSA) is 78.0 Å². The van der Waals surface area contributed by atoms with Crippen LogP contribution < -0.4 is 0 Å². The maximum atomic E-state index is 10.8. The highest BCUT2D eigenvalue weighted by Crippen LogP contribution is 2.16. The van der Waals surface area contributed by atoms with E-state index in [1.54, 1.807) is 36.4 Å². The maximum Gasteiger partial charge on any atom is 0.347 e. The molecule has 0 unspecified atom stereocenters. The summed E-state index contributed by atoms with van der Waals surface area (Å²) in [6.07, 6.45) is 6.67. The summed E-state index contributed by atoms with van der Waals surface area (Å²) in [5.74, 6) is 0.266. The first-order chi connectivity index (χ1) is 9.65. The summed E-state index contributed by atoms with van der Waals surface area (Å²) in [5, 5.41) is 10.8. The van der Waals surface area contributed by atoms with Crippen LogP contribution in [-0.4, -0.2) is 20.8 Å². The molecule has 0 amide bonds. The minimum absolute atomic E-state index is 0.143. The first-order valence-electron chi connectivity index (χ1n) is 5.73. The van der Waals surface area contributed by atoms with Gasteiger partial charge in [0.1, 0.15) is 12.5 Å². The van der Waals surface area contributed by atoms with Crippen molar-refractivity contribution < 1.29 is 9.72 Å². The quantitative estimate of drug-likeness (QED) is 0.475. The molecule has 100 valence electrons. The molecule has 0 radical (unpaired) electrons. The van der Waals surface area contributed by atoms with E-state index in [1.165, 1.54) is 17.0 Å². The van der Waals surface area contributed by atoms with Crippen LogP contribution in [-0.2, 0) is 0 Å². The highest BCUT2D eigenvalue weighted by molar-refractivity contribution is 5.76. The van der Waals surface area contributed by atoms with E-state index in [0.29, 0.717) is 11.4 Å². The summed E-state index contributed by atoms with van der Waals surface area (Å²) in [6.45, 7) is 3.53. The van der Waals surface area contributed by atoms with Crippen molar-refractivity contribution in [2.75, 3.05) is 0 Å². The summed E-state index contributed by atoms with van der Waals surface area (Å²) in [6, 6.07) is 6.93. The molecule has 0 aliphatic rings. The Balaban J connectivity index is 2.28. The zero-order chi connectivity index (χ0) is 14.5. The van der Waals surface area contributed by atoms with Gasteiger partial charge in [-0.05, 0) is 16.6 Å². The first-order valence-corrected chi connectivity index (χ1v) is 5.73. The number of nitro groups is 1. The number of hydrogen-bond donors (Lipinski definition) is 0. The molecule has 2 rings (SSSR count). The molecule has 0 fully saturated rings. The third-order valence-electron chi connectivity index (χ3n) is 2.67. The van der Waals surface area contributed by atoms with Crippen molar-refractivity contribution in [3.8, 4) is 0 Å². The summed E-state index contributed by atoms with van der Waals surface area (Å²) in [4.78, 5) is 24.8. The van der Waals surface area contributed by atoms with Gasteiger partial charge in [-0.2, -0.15) is 4.57 Å². The summed E-state index contributed by atoms with van der Waals surface area (Å²) in [5.41, 5.74) is 1.45. The monoisotopic (exact) mass is 269 g/mol. The number of carbonyl (C=O) groups excluding carboxylic acids is 1. The third kappa shape index (κ3) is 2.69. The Labute approximate surface area is 114 Å². The van der Waals surface area contributed by atoms with Crippen LogP contribution in [0.4, 0.5) is 5.82 Å². The van der Waals surface area contributed by atoms with Crippen LogP contribution in [0.1, 0.15) is 21.7 Å². The fraction of sp³-hybridized carbons (Fsp3) is 0. The fourth-order valence-electron chi connectivity index (χ4n) is 1.67. The number of benzene rings is 1. The number of carbonyl (C=O) groups is 1. The first kappa shape index (κ1) is 13.4. The van der Waals surface area contributed by atoms with Crippen LogP contribution in [0.5, 0.6) is 0 Å². The molecule has 1 aromatic carbocycles. The lowest BCUT2D eigenvalue weighted by molar-refractivity contribution is -0.390. The summed E-state index contributed by atoms with van der Waals surface area (Å²) < 4.78 is 1.29. The van der Waals surface area contributed by atoms with Crippen LogP contribution in [0.15, 0.2) is 37.0 Å². The van der Waals surface area contributed by atoms with E-state index >= 15 is 0 Å². The highest BCUT2D eigenvalue weighted by atomic mass is 16.6. The number of aldehydes is 1. The van der Waals surface area contributed by atoms with Gasteiger partial charge < -0.3 is 10.1 Å². The van der Waals surface area contributed by atoms with Crippen LogP contribution in [0.2, 0.25) is 0 Å². The van der Waals surface area contributed by atoms with E-state index in [9.17, 15) is 14.9 Å². The van der Waals surface area contributed by atoms with E-state index < -0.39 is 4.92 Å². The number of aromatic nitrogens is 2. The van der Waals surface area contributed by atoms with Crippen molar-refractivity contribution in [2.45, 2.75) is 0 Å². The second kappa shape index (κ2) is 5.75. The lowest BCUT2D eigenvalue weighted by atomic mass is 10.1. The number of nitrogens with zero attached hydrogens (tertiary/aromatic N) is 3. The Hall–Kier alpha value is -3.02. The SMILES string of the molecule is C=Cn1c([N+](=O)[O-])cnc1/C=C/c1ccc(C=O)cc1. The molecular weight excluding hydrogens is 258 g/mol. The van der Waals surface area contributed by atoms with Gasteiger partial charge >= 0.3 is 5.82 Å². The van der Waals surface area contributed by atoms with Crippen LogP contribution in [0.3, 0.4) is 0 Å². The molecule has 0 aliphatic heterocycles. The minimum Gasteiger partial charge on any atom is -0.358 e. The Bertz CT molecular complexity index is 684. The average molecular weight is 269 g/mol. The van der Waals surface area contributed by atoms with E-state index in [2.05, 4.69) is 11.6 Å². The Morgan fingerprint density at radius 1 is 1.20 bits per heavy atom. The summed E-state index contributed by atoms with van der Waals surface area (Å²) >= 11 is 0. The molecule has 2 aromatic rings. The second-order valence-corrected chi connectivity index (χ2v) is 3.90. The highest BCUT2D eigenvalue weighted by Gasteiger charge is 2.15. The minimum atomic E-state index is -0.523. The lowest BCUT2D eigenvalue weighted by Crippen LogP contribution is -1.97. The van der Waals surface area contributed by atoms with Crippen LogP contribution in [0.25, 0.3) is 18.4 Å². The fourth-order valence-corrected chi connectivity index (χ4v) is 1.67. The number of rotatable bonds is 5. The van der Waals surface area contributed by atoms with Crippen molar-refractivity contribution in [3.63, 3.8) is 0 Å². The van der Waals surface area contributed by atoms with Crippen molar-refractivity contribution in [3.05, 3.63) is 64.1 Å². The molecule has 6 nitrogen and oxygen atoms in total. The largest absolute Gasteiger partial charge is 0.358 e. The summed E-state index contributed by atoms with van der Waals surface area (Å²) in [7, 11) is 0. The molecule has 0 bridgehead atoms. The average Bonchev–Trinajstić information content (AvgIpc) is 2.88. The predicted octanol–water partition coefficient (Wildman–Crippen LogP) is 2.87. The molecule has 0 atom stereocenters. The molecule has 6 heteroatoms. The van der Waals surface area contributed by atoms with Gasteiger partial charge in [0.15, 0.2) is 0 Å². The zero-order valence-corrected chi connectivity index (χ0v) is 10.5. The molecule has 1 aromatic heterocycles. The smallest absolute Gasteiger partial charge is 0.347 e. The van der Waals surface area contributed by atoms with Crippen molar-refractivity contribution >= 4 is 30.5 Å². The lowest BCUT2D eigenvalue weighted by Gasteiger charge is -1.96. The van der Waals surface area contributed by atoms with Crippen LogP contribution in [0, 0.1) is 10.1 Å². The van der Waals surface area contributed by atoms with Crippen molar-refractivity contribution in [1.29, 1.82) is 0 Å². The van der Waals surface area contributed by atoms with Gasteiger partial charge in [0.05, 0.1) is 6.20 Å². The van der Waals surface area contributed by atoms with Gasteiger partial charge in [0, 0.05) is 11.6 Å². The third-order valence-corrected chi connectivity index (χ3v) is 2.67. The van der Waals surface area contributed by atoms with Gasteiger partial charge in [-0.1, -0.05) is 30.8 Å². The Kier molecular flexibility index (Phi) is 3.85. The van der Waals surface area contributed by atoms with E-state index in [-0.39, 0.29) is 5.82 Å². The van der Waals surface area contributed by atoms with Crippen molar-refractivity contribution in [2.24, 2.45) is 0 Å². The van der Waals surface area contributed by atoms with E-state index in [4.69, 9.17) is 0 Å². The number of hydrogen-bond acceptors (Lipinski definition) is 4. The van der Waals surface area contributed by atoms with Gasteiger partial charge in [0.25, 0.3) is 0 Å². The Morgan fingerprint density at radius 3 is 2.40 bits per heavy atom. The molecule has 0 saturated heterocycles. The zero-order valence-electron chi connectivity index (χ0n) is 10.5. The molecule has 0 N–H and O–H groups in total. The predicted molar refractivity (Wildman–Crippen MR) is 76.0 cm³/mol. The van der Waals surface area contributed by atoms with Gasteiger partial charge in [0.2, 0.25) is 5.82 Å². The second-order valence-electron chi connectivity index (χ2n) is 3.90. The molecule has 0 saturated carbocycles. The standard InChI is InChI=1S/C14H11N3O3/c1-2-16-13(15-9-14(16)17(19)20)8-7-11-3-5-12(10-18)6-4-11/h2-10H,1H2/b8-7+. The molecule has 20 heavy (non-hydrogen) atoms. The molecule has 0 spiro atoms. The molecule has 1 heterocycles. The van der Waals surface area contributed by atoms with Gasteiger partial charge in [-0.25, -0.2) is 4.98 Å². The van der Waals surface area contributed by atoms with Gasteiger partial charge in [-0.15, -0.1) is 0 Å². The maximum absolute atomic E-state index is 10.8. The van der Waals surface area contributed by atoms with E-state index in [1.807, 2.05) is 0 Å². The Morgan fingerprint density at radius 2 is 1.85 bits per heavy atom. The van der Waals surface area contributed by atoms with Crippen molar-refractivity contribution in [1.82, 2.24) is 9.55 Å². The molecular formula is C14H11N3O3. The number of imidazole rings is 1. The normalized spacial score (nSPS) is 10.6. The van der Waals surface area contributed by atoms with Crippen LogP contribution >= 0.6 is 0 Å².